The molecule has 1 aliphatic heterocycles. The summed E-state index contributed by atoms with van der Waals surface area (Å²) in [6.07, 6.45) is 2.23. The second kappa shape index (κ2) is 5.29. The van der Waals surface area contributed by atoms with Gasteiger partial charge in [0.05, 0.1) is 13.7 Å². The fourth-order valence-corrected chi connectivity index (χ4v) is 2.28. The van der Waals surface area contributed by atoms with E-state index in [-0.39, 0.29) is 6.10 Å². The van der Waals surface area contributed by atoms with Gasteiger partial charge in [0, 0.05) is 0 Å². The van der Waals surface area contributed by atoms with Gasteiger partial charge in [0.2, 0.25) is 0 Å². The molecule has 0 radical (unpaired) electrons. The minimum atomic E-state index is 0.0427. The number of ether oxygens (including phenoxy) is 2. The fraction of sp³-hybridized carbons (Fsp3) is 0.176. The van der Waals surface area contributed by atoms with Crippen LogP contribution in [0.2, 0.25) is 0 Å². The maximum atomic E-state index is 5.85. The Morgan fingerprint density at radius 2 is 1.74 bits per heavy atom. The molecule has 1 heterocycles. The third-order valence-corrected chi connectivity index (χ3v) is 3.36. The summed E-state index contributed by atoms with van der Waals surface area (Å²) in [5.41, 5.74) is 3.65. The van der Waals surface area contributed by atoms with Gasteiger partial charge in [0.15, 0.2) is 0 Å². The molecule has 0 amide bonds. The van der Waals surface area contributed by atoms with Gasteiger partial charge in [-0.2, -0.15) is 0 Å². The molecule has 3 rings (SSSR count). The van der Waals surface area contributed by atoms with E-state index in [2.05, 4.69) is 30.3 Å². The smallest absolute Gasteiger partial charge is 0.118 e. The lowest BCUT2D eigenvalue weighted by Gasteiger charge is -2.08. The predicted molar refractivity (Wildman–Crippen MR) is 76.1 cm³/mol. The third-order valence-electron chi connectivity index (χ3n) is 3.36. The number of hydrogen-bond donors (Lipinski definition) is 0. The quantitative estimate of drug-likeness (QED) is 0.826. The first-order chi connectivity index (χ1) is 9.36. The van der Waals surface area contributed by atoms with Gasteiger partial charge in [0.25, 0.3) is 0 Å². The first-order valence-corrected chi connectivity index (χ1v) is 6.38. The Morgan fingerprint density at radius 1 is 1.00 bits per heavy atom. The predicted octanol–water partition coefficient (Wildman–Crippen LogP) is 3.85. The Balaban J connectivity index is 1.82. The summed E-state index contributed by atoms with van der Waals surface area (Å²) >= 11 is 0. The van der Waals surface area contributed by atoms with E-state index in [0.29, 0.717) is 6.61 Å². The van der Waals surface area contributed by atoms with Crippen molar-refractivity contribution in [3.63, 3.8) is 0 Å². The summed E-state index contributed by atoms with van der Waals surface area (Å²) in [6.45, 7) is 0.667. The molecule has 96 valence electrons. The molecule has 0 fully saturated rings. The summed E-state index contributed by atoms with van der Waals surface area (Å²) in [5, 5.41) is 0. The van der Waals surface area contributed by atoms with Crippen LogP contribution in [0.25, 0.3) is 5.57 Å². The number of hydrogen-bond acceptors (Lipinski definition) is 2. The van der Waals surface area contributed by atoms with Crippen molar-refractivity contribution >= 4 is 5.57 Å². The monoisotopic (exact) mass is 252 g/mol. The van der Waals surface area contributed by atoms with Crippen LogP contribution in [-0.2, 0) is 4.74 Å². The molecule has 0 N–H and O–H groups in total. The highest BCUT2D eigenvalue weighted by atomic mass is 16.5. The van der Waals surface area contributed by atoms with Crippen LogP contribution < -0.4 is 4.74 Å². The zero-order chi connectivity index (χ0) is 13.1. The van der Waals surface area contributed by atoms with Crippen molar-refractivity contribution in [3.8, 4) is 5.75 Å². The van der Waals surface area contributed by atoms with Crippen molar-refractivity contribution < 1.29 is 9.47 Å². The third kappa shape index (κ3) is 2.54. The van der Waals surface area contributed by atoms with E-state index in [9.17, 15) is 0 Å². The second-order valence-electron chi connectivity index (χ2n) is 4.56. The highest BCUT2D eigenvalue weighted by Crippen LogP contribution is 2.32. The highest BCUT2D eigenvalue weighted by molar-refractivity contribution is 5.68. The topological polar surface area (TPSA) is 18.5 Å². The van der Waals surface area contributed by atoms with E-state index in [1.54, 1.807) is 7.11 Å². The summed E-state index contributed by atoms with van der Waals surface area (Å²) < 4.78 is 11.0. The van der Waals surface area contributed by atoms with Crippen LogP contribution in [0.4, 0.5) is 0 Å². The maximum Gasteiger partial charge on any atom is 0.118 e. The number of benzene rings is 2. The highest BCUT2D eigenvalue weighted by Gasteiger charge is 2.18. The molecule has 2 aromatic rings. The molecule has 19 heavy (non-hydrogen) atoms. The van der Waals surface area contributed by atoms with Gasteiger partial charge in [-0.25, -0.2) is 0 Å². The van der Waals surface area contributed by atoms with E-state index < -0.39 is 0 Å². The van der Waals surface area contributed by atoms with E-state index >= 15 is 0 Å². The van der Waals surface area contributed by atoms with Crippen molar-refractivity contribution in [1.29, 1.82) is 0 Å². The summed E-state index contributed by atoms with van der Waals surface area (Å²) in [4.78, 5) is 0. The Hall–Kier alpha value is -2.06. The van der Waals surface area contributed by atoms with Crippen molar-refractivity contribution in [2.75, 3.05) is 13.7 Å². The molecule has 0 saturated carbocycles. The number of rotatable bonds is 3. The second-order valence-corrected chi connectivity index (χ2v) is 4.56. The summed E-state index contributed by atoms with van der Waals surface area (Å²) in [5.74, 6) is 0.869. The Bertz CT molecular complexity index is 570. The molecule has 1 aliphatic rings. The van der Waals surface area contributed by atoms with Gasteiger partial charge in [-0.1, -0.05) is 42.5 Å². The Labute approximate surface area is 113 Å². The number of methoxy groups -OCH3 is 1. The summed E-state index contributed by atoms with van der Waals surface area (Å²) in [6, 6.07) is 18.4. The van der Waals surface area contributed by atoms with Gasteiger partial charge < -0.3 is 9.47 Å². The van der Waals surface area contributed by atoms with E-state index in [0.717, 1.165) is 11.3 Å². The van der Waals surface area contributed by atoms with Crippen LogP contribution in [-0.4, -0.2) is 13.7 Å². The van der Waals surface area contributed by atoms with Gasteiger partial charge in [-0.05, 0) is 34.9 Å². The normalized spacial score (nSPS) is 18.2. The molecule has 1 unspecified atom stereocenters. The van der Waals surface area contributed by atoms with Crippen molar-refractivity contribution in [2.24, 2.45) is 0 Å². The standard InChI is InChI=1S/C17H16O2/c1-18-16-9-7-14(8-10-16)17-11-15(12-19-17)13-5-3-2-4-6-13/h2-11,17H,12H2,1H3. The lowest BCUT2D eigenvalue weighted by Crippen LogP contribution is -1.95. The van der Waals surface area contributed by atoms with Gasteiger partial charge in [-0.15, -0.1) is 0 Å². The van der Waals surface area contributed by atoms with Crippen LogP contribution in [0.3, 0.4) is 0 Å². The van der Waals surface area contributed by atoms with Crippen LogP contribution in [0.15, 0.2) is 60.7 Å². The first-order valence-electron chi connectivity index (χ1n) is 6.38. The minimum absolute atomic E-state index is 0.0427. The average molecular weight is 252 g/mol. The van der Waals surface area contributed by atoms with Gasteiger partial charge in [-0.3, -0.25) is 0 Å². The molecule has 0 saturated heterocycles. The lowest BCUT2D eigenvalue weighted by atomic mass is 10.0. The van der Waals surface area contributed by atoms with Crippen LogP contribution in [0.1, 0.15) is 17.2 Å². The Morgan fingerprint density at radius 3 is 2.42 bits per heavy atom. The van der Waals surface area contributed by atoms with E-state index in [1.165, 1.54) is 11.1 Å². The molecular formula is C17H16O2. The van der Waals surface area contributed by atoms with Crippen LogP contribution in [0, 0.1) is 0 Å². The molecule has 0 bridgehead atoms. The fourth-order valence-electron chi connectivity index (χ4n) is 2.28. The maximum absolute atomic E-state index is 5.85. The zero-order valence-corrected chi connectivity index (χ0v) is 10.9. The van der Waals surface area contributed by atoms with Gasteiger partial charge >= 0.3 is 0 Å². The largest absolute Gasteiger partial charge is 0.497 e. The molecule has 2 nitrogen and oxygen atoms in total. The molecule has 2 aromatic carbocycles. The van der Waals surface area contributed by atoms with Gasteiger partial charge in [0.1, 0.15) is 11.9 Å². The van der Waals surface area contributed by atoms with E-state index in [4.69, 9.17) is 9.47 Å². The van der Waals surface area contributed by atoms with E-state index in [1.807, 2.05) is 30.3 Å². The molecule has 1 atom stereocenters. The molecule has 0 aliphatic carbocycles. The lowest BCUT2D eigenvalue weighted by molar-refractivity contribution is 0.131. The Kier molecular flexibility index (Phi) is 3.34. The van der Waals surface area contributed by atoms with Crippen molar-refractivity contribution in [2.45, 2.75) is 6.10 Å². The molecule has 0 spiro atoms. The molecule has 0 aromatic heterocycles. The SMILES string of the molecule is COc1ccc(C2C=C(c3ccccc3)CO2)cc1. The average Bonchev–Trinajstić information content (AvgIpc) is 2.98. The van der Waals surface area contributed by atoms with Crippen molar-refractivity contribution in [1.82, 2.24) is 0 Å². The zero-order valence-electron chi connectivity index (χ0n) is 10.9. The van der Waals surface area contributed by atoms with Crippen LogP contribution in [0.5, 0.6) is 5.75 Å². The molecular weight excluding hydrogens is 236 g/mol. The van der Waals surface area contributed by atoms with Crippen LogP contribution >= 0.6 is 0 Å². The minimum Gasteiger partial charge on any atom is -0.497 e. The molecule has 2 heteroatoms. The first kappa shape index (κ1) is 12.0. The van der Waals surface area contributed by atoms with Crippen molar-refractivity contribution in [3.05, 3.63) is 71.8 Å². The summed E-state index contributed by atoms with van der Waals surface area (Å²) in [7, 11) is 1.68.